The van der Waals surface area contributed by atoms with E-state index in [2.05, 4.69) is 20.6 Å². The number of aromatic nitrogens is 2. The Bertz CT molecular complexity index is 699. The minimum absolute atomic E-state index is 0.322. The second kappa shape index (κ2) is 6.53. The minimum Gasteiger partial charge on any atom is -0.370 e. The Morgan fingerprint density at radius 2 is 1.67 bits per heavy atom. The Balaban J connectivity index is 2.01. The van der Waals surface area contributed by atoms with E-state index in [0.717, 1.165) is 17.9 Å². The van der Waals surface area contributed by atoms with E-state index < -0.39 is 9.84 Å². The first-order chi connectivity index (χ1) is 9.99. The second-order valence-electron chi connectivity index (χ2n) is 4.59. The van der Waals surface area contributed by atoms with Crippen LogP contribution in [0.5, 0.6) is 0 Å². The maximum absolute atomic E-state index is 11.4. The van der Waals surface area contributed by atoms with E-state index in [0.29, 0.717) is 17.3 Å². The zero-order chi connectivity index (χ0) is 15.3. The number of hydrogen-bond donors (Lipinski definition) is 2. The van der Waals surface area contributed by atoms with Gasteiger partial charge in [-0.05, 0) is 24.6 Å². The normalized spacial score (nSPS) is 11.1. The monoisotopic (exact) mass is 306 g/mol. The fourth-order valence-corrected chi connectivity index (χ4v) is 2.41. The van der Waals surface area contributed by atoms with Crippen LogP contribution in [-0.2, 0) is 16.4 Å². The molecule has 0 aliphatic rings. The summed E-state index contributed by atoms with van der Waals surface area (Å²) in [6.45, 7) is 3.36. The Hall–Kier alpha value is -2.15. The molecule has 0 spiro atoms. The SMILES string of the molecule is CCNc1cc(NCc2ccc(S(C)(=O)=O)cc2)ncn1. The summed E-state index contributed by atoms with van der Waals surface area (Å²) in [5.74, 6) is 1.48. The minimum atomic E-state index is -3.15. The van der Waals surface area contributed by atoms with Gasteiger partial charge in [-0.1, -0.05) is 12.1 Å². The van der Waals surface area contributed by atoms with E-state index in [4.69, 9.17) is 0 Å². The van der Waals surface area contributed by atoms with Gasteiger partial charge < -0.3 is 10.6 Å². The molecule has 0 saturated heterocycles. The molecular weight excluding hydrogens is 288 g/mol. The zero-order valence-electron chi connectivity index (χ0n) is 12.0. The third kappa shape index (κ3) is 4.42. The van der Waals surface area contributed by atoms with E-state index in [1.807, 2.05) is 13.0 Å². The van der Waals surface area contributed by atoms with E-state index in [1.54, 1.807) is 24.3 Å². The lowest BCUT2D eigenvalue weighted by Gasteiger charge is -2.08. The van der Waals surface area contributed by atoms with Crippen molar-refractivity contribution in [3.63, 3.8) is 0 Å². The van der Waals surface area contributed by atoms with Crippen LogP contribution in [0.3, 0.4) is 0 Å². The topological polar surface area (TPSA) is 84.0 Å². The average molecular weight is 306 g/mol. The summed E-state index contributed by atoms with van der Waals surface area (Å²) >= 11 is 0. The van der Waals surface area contributed by atoms with Gasteiger partial charge in [0.25, 0.3) is 0 Å². The van der Waals surface area contributed by atoms with Gasteiger partial charge in [-0.2, -0.15) is 0 Å². The number of nitrogens with one attached hydrogen (secondary N) is 2. The Kier molecular flexibility index (Phi) is 4.74. The third-order valence-electron chi connectivity index (χ3n) is 2.85. The Labute approximate surface area is 124 Å². The first-order valence-corrected chi connectivity index (χ1v) is 8.47. The number of rotatable bonds is 6. The summed E-state index contributed by atoms with van der Waals surface area (Å²) in [5, 5.41) is 6.29. The van der Waals surface area contributed by atoms with E-state index >= 15 is 0 Å². The number of sulfone groups is 1. The quantitative estimate of drug-likeness (QED) is 0.848. The summed E-state index contributed by atoms with van der Waals surface area (Å²) in [5.41, 5.74) is 0.978. The predicted octanol–water partition coefficient (Wildman–Crippen LogP) is 1.92. The van der Waals surface area contributed by atoms with Gasteiger partial charge in [0, 0.05) is 25.4 Å². The van der Waals surface area contributed by atoms with Crippen LogP contribution < -0.4 is 10.6 Å². The molecule has 21 heavy (non-hydrogen) atoms. The molecule has 0 aliphatic carbocycles. The Morgan fingerprint density at radius 1 is 1.05 bits per heavy atom. The first-order valence-electron chi connectivity index (χ1n) is 6.58. The van der Waals surface area contributed by atoms with Gasteiger partial charge in [-0.25, -0.2) is 18.4 Å². The van der Waals surface area contributed by atoms with Crippen LogP contribution in [0.1, 0.15) is 12.5 Å². The maximum Gasteiger partial charge on any atom is 0.175 e. The second-order valence-corrected chi connectivity index (χ2v) is 6.60. The van der Waals surface area contributed by atoms with Crippen LogP contribution in [-0.4, -0.2) is 31.2 Å². The number of hydrogen-bond acceptors (Lipinski definition) is 6. The highest BCUT2D eigenvalue weighted by Gasteiger charge is 2.06. The fourth-order valence-electron chi connectivity index (χ4n) is 1.78. The molecule has 1 heterocycles. The van der Waals surface area contributed by atoms with Crippen molar-refractivity contribution >= 4 is 21.5 Å². The van der Waals surface area contributed by atoms with E-state index in [-0.39, 0.29) is 0 Å². The van der Waals surface area contributed by atoms with Gasteiger partial charge in [0.05, 0.1) is 4.90 Å². The van der Waals surface area contributed by atoms with Crippen LogP contribution in [0.25, 0.3) is 0 Å². The maximum atomic E-state index is 11.4. The van der Waals surface area contributed by atoms with Crippen molar-refractivity contribution in [1.82, 2.24) is 9.97 Å². The first kappa shape index (κ1) is 15.2. The van der Waals surface area contributed by atoms with Gasteiger partial charge in [-0.3, -0.25) is 0 Å². The average Bonchev–Trinajstić information content (AvgIpc) is 2.45. The van der Waals surface area contributed by atoms with Gasteiger partial charge in [0.15, 0.2) is 9.84 Å². The summed E-state index contributed by atoms with van der Waals surface area (Å²) < 4.78 is 22.8. The smallest absolute Gasteiger partial charge is 0.175 e. The van der Waals surface area contributed by atoms with E-state index in [9.17, 15) is 8.42 Å². The number of benzene rings is 1. The van der Waals surface area contributed by atoms with Crippen LogP contribution in [0.15, 0.2) is 41.6 Å². The molecule has 1 aromatic heterocycles. The molecule has 2 rings (SSSR count). The molecule has 0 amide bonds. The van der Waals surface area contributed by atoms with Gasteiger partial charge >= 0.3 is 0 Å². The van der Waals surface area contributed by atoms with Crippen LogP contribution in [0.2, 0.25) is 0 Å². The molecule has 0 fully saturated rings. The molecule has 0 unspecified atom stereocenters. The van der Waals surface area contributed by atoms with Crippen molar-refractivity contribution < 1.29 is 8.42 Å². The lowest BCUT2D eigenvalue weighted by atomic mass is 10.2. The lowest BCUT2D eigenvalue weighted by Crippen LogP contribution is -2.05. The largest absolute Gasteiger partial charge is 0.370 e. The molecule has 0 aliphatic heterocycles. The number of anilines is 2. The molecular formula is C14H18N4O2S. The molecule has 6 nitrogen and oxygen atoms in total. The van der Waals surface area contributed by atoms with Crippen molar-refractivity contribution in [2.45, 2.75) is 18.4 Å². The predicted molar refractivity (Wildman–Crippen MR) is 83.1 cm³/mol. The highest BCUT2D eigenvalue weighted by atomic mass is 32.2. The standard InChI is InChI=1S/C14H18N4O2S/c1-3-15-13-8-14(18-10-17-13)16-9-11-4-6-12(7-5-11)21(2,19)20/h4-8,10H,3,9H2,1-2H3,(H2,15,16,17,18). The van der Waals surface area contributed by atoms with Crippen molar-refractivity contribution in [2.75, 3.05) is 23.4 Å². The van der Waals surface area contributed by atoms with Crippen molar-refractivity contribution in [3.8, 4) is 0 Å². The van der Waals surface area contributed by atoms with Crippen molar-refractivity contribution in [1.29, 1.82) is 0 Å². The molecule has 0 atom stereocenters. The number of nitrogens with zero attached hydrogens (tertiary/aromatic N) is 2. The molecule has 2 N–H and O–H groups in total. The zero-order valence-corrected chi connectivity index (χ0v) is 12.8. The molecule has 0 bridgehead atoms. The van der Waals surface area contributed by atoms with Gasteiger partial charge in [0.1, 0.15) is 18.0 Å². The molecule has 2 aromatic rings. The molecule has 0 saturated carbocycles. The Morgan fingerprint density at radius 3 is 2.24 bits per heavy atom. The van der Waals surface area contributed by atoms with E-state index in [1.165, 1.54) is 12.6 Å². The van der Waals surface area contributed by atoms with Crippen LogP contribution in [0.4, 0.5) is 11.6 Å². The molecule has 1 aromatic carbocycles. The molecule has 112 valence electrons. The molecule has 7 heteroatoms. The fraction of sp³-hybridized carbons (Fsp3) is 0.286. The van der Waals surface area contributed by atoms with Gasteiger partial charge in [-0.15, -0.1) is 0 Å². The highest BCUT2D eigenvalue weighted by molar-refractivity contribution is 7.90. The summed E-state index contributed by atoms with van der Waals surface area (Å²) in [6, 6.07) is 8.62. The van der Waals surface area contributed by atoms with Crippen molar-refractivity contribution in [2.24, 2.45) is 0 Å². The van der Waals surface area contributed by atoms with Crippen LogP contribution >= 0.6 is 0 Å². The summed E-state index contributed by atoms with van der Waals surface area (Å²) in [7, 11) is -3.15. The van der Waals surface area contributed by atoms with Gasteiger partial charge in [0.2, 0.25) is 0 Å². The third-order valence-corrected chi connectivity index (χ3v) is 3.98. The molecule has 0 radical (unpaired) electrons. The van der Waals surface area contributed by atoms with Crippen LogP contribution in [0, 0.1) is 0 Å². The summed E-state index contributed by atoms with van der Waals surface area (Å²) in [4.78, 5) is 8.55. The summed E-state index contributed by atoms with van der Waals surface area (Å²) in [6.07, 6.45) is 2.69. The van der Waals surface area contributed by atoms with Crippen molar-refractivity contribution in [3.05, 3.63) is 42.2 Å². The highest BCUT2D eigenvalue weighted by Crippen LogP contribution is 2.13. The lowest BCUT2D eigenvalue weighted by molar-refractivity contribution is 0.602.